The molecular weight excluding hydrogens is 362 g/mol. The number of benzene rings is 1. The van der Waals surface area contributed by atoms with E-state index in [1.165, 1.54) is 6.07 Å². The molecule has 0 atom stereocenters. The van der Waals surface area contributed by atoms with Crippen LogP contribution >= 0.6 is 0 Å². The molecule has 4 nitrogen and oxygen atoms in total. The zero-order valence-corrected chi connectivity index (χ0v) is 15.7. The van der Waals surface area contributed by atoms with Crippen LogP contribution in [-0.4, -0.2) is 31.3 Å². The lowest BCUT2D eigenvalue weighted by atomic mass is 9.85. The lowest BCUT2D eigenvalue weighted by Crippen LogP contribution is -2.45. The van der Waals surface area contributed by atoms with Gasteiger partial charge in [-0.25, -0.2) is 9.38 Å². The Morgan fingerprint density at radius 1 is 1.19 bits per heavy atom. The quantitative estimate of drug-likeness (QED) is 0.431. The van der Waals surface area contributed by atoms with Crippen LogP contribution in [0.3, 0.4) is 0 Å². The molecule has 8 heteroatoms. The molecule has 0 saturated heterocycles. The number of ether oxygens (including phenoxy) is 1. The van der Waals surface area contributed by atoms with Crippen molar-refractivity contribution >= 4 is 5.96 Å². The Morgan fingerprint density at radius 2 is 1.89 bits per heavy atom. The van der Waals surface area contributed by atoms with E-state index >= 15 is 0 Å². The van der Waals surface area contributed by atoms with E-state index in [0.717, 1.165) is 0 Å². The SMILES string of the molecule is CCNC(=NCc1ccc(OCC)c(F)c1)NC1CCC(C(F)(F)F)CC1. The maximum atomic E-state index is 13.9. The molecule has 27 heavy (non-hydrogen) atoms. The van der Waals surface area contributed by atoms with Crippen LogP contribution in [0.2, 0.25) is 0 Å². The number of rotatable bonds is 6. The fourth-order valence-corrected chi connectivity index (χ4v) is 3.16. The van der Waals surface area contributed by atoms with Gasteiger partial charge in [0.25, 0.3) is 0 Å². The summed E-state index contributed by atoms with van der Waals surface area (Å²) in [6.45, 7) is 4.97. The summed E-state index contributed by atoms with van der Waals surface area (Å²) in [4.78, 5) is 4.43. The molecule has 1 fully saturated rings. The minimum atomic E-state index is -4.11. The van der Waals surface area contributed by atoms with Crippen molar-refractivity contribution in [3.05, 3.63) is 29.6 Å². The van der Waals surface area contributed by atoms with Crippen molar-refractivity contribution in [1.82, 2.24) is 10.6 Å². The smallest absolute Gasteiger partial charge is 0.391 e. The fraction of sp³-hybridized carbons (Fsp3) is 0.632. The van der Waals surface area contributed by atoms with Crippen molar-refractivity contribution in [3.8, 4) is 5.75 Å². The Hall–Kier alpha value is -1.99. The molecule has 2 N–H and O–H groups in total. The van der Waals surface area contributed by atoms with E-state index in [4.69, 9.17) is 4.74 Å². The molecule has 0 spiro atoms. The van der Waals surface area contributed by atoms with Crippen molar-refractivity contribution in [1.29, 1.82) is 0 Å². The number of hydrogen-bond acceptors (Lipinski definition) is 2. The lowest BCUT2D eigenvalue weighted by molar-refractivity contribution is -0.182. The topological polar surface area (TPSA) is 45.7 Å². The van der Waals surface area contributed by atoms with Gasteiger partial charge in [-0.15, -0.1) is 0 Å². The summed E-state index contributed by atoms with van der Waals surface area (Å²) in [5, 5.41) is 6.28. The van der Waals surface area contributed by atoms with Gasteiger partial charge in [-0.1, -0.05) is 6.07 Å². The Balaban J connectivity index is 1.94. The van der Waals surface area contributed by atoms with Gasteiger partial charge < -0.3 is 15.4 Å². The Bertz CT molecular complexity index is 626. The number of hydrogen-bond donors (Lipinski definition) is 2. The largest absolute Gasteiger partial charge is 0.491 e. The lowest BCUT2D eigenvalue weighted by Gasteiger charge is -2.31. The minimum Gasteiger partial charge on any atom is -0.491 e. The molecule has 1 aromatic carbocycles. The average molecular weight is 389 g/mol. The van der Waals surface area contributed by atoms with Crippen molar-refractivity contribution < 1.29 is 22.3 Å². The molecule has 0 aromatic heterocycles. The van der Waals surface area contributed by atoms with Crippen LogP contribution in [0.15, 0.2) is 23.2 Å². The second-order valence-corrected chi connectivity index (χ2v) is 6.63. The van der Waals surface area contributed by atoms with E-state index in [1.54, 1.807) is 19.1 Å². The van der Waals surface area contributed by atoms with Gasteiger partial charge in [0.05, 0.1) is 19.1 Å². The Morgan fingerprint density at radius 3 is 2.44 bits per heavy atom. The first-order valence-corrected chi connectivity index (χ1v) is 9.36. The number of nitrogens with zero attached hydrogens (tertiary/aromatic N) is 1. The minimum absolute atomic E-state index is 0.0431. The summed E-state index contributed by atoms with van der Waals surface area (Å²) >= 11 is 0. The molecule has 1 aliphatic rings. The molecule has 2 rings (SSSR count). The number of nitrogens with one attached hydrogen (secondary N) is 2. The normalized spacial score (nSPS) is 21.0. The van der Waals surface area contributed by atoms with Gasteiger partial charge in [-0.2, -0.15) is 13.2 Å². The zero-order valence-electron chi connectivity index (χ0n) is 15.7. The highest BCUT2D eigenvalue weighted by Gasteiger charge is 2.41. The van der Waals surface area contributed by atoms with Gasteiger partial charge in [0.15, 0.2) is 17.5 Å². The van der Waals surface area contributed by atoms with Crippen LogP contribution in [0.25, 0.3) is 0 Å². The van der Waals surface area contributed by atoms with Crippen LogP contribution < -0.4 is 15.4 Å². The molecule has 0 amide bonds. The number of guanidine groups is 1. The van der Waals surface area contributed by atoms with Crippen molar-refractivity contribution in [2.75, 3.05) is 13.2 Å². The molecule has 1 saturated carbocycles. The van der Waals surface area contributed by atoms with Gasteiger partial charge in [-0.05, 0) is 57.2 Å². The monoisotopic (exact) mass is 389 g/mol. The number of alkyl halides is 3. The van der Waals surface area contributed by atoms with E-state index in [9.17, 15) is 17.6 Å². The molecule has 0 heterocycles. The second kappa shape index (κ2) is 9.80. The van der Waals surface area contributed by atoms with Gasteiger partial charge in [0, 0.05) is 12.6 Å². The van der Waals surface area contributed by atoms with Crippen molar-refractivity contribution in [2.45, 2.75) is 58.3 Å². The molecular formula is C19H27F4N3O. The third kappa shape index (κ3) is 6.59. The summed E-state index contributed by atoms with van der Waals surface area (Å²) in [6.07, 6.45) is -2.95. The van der Waals surface area contributed by atoms with E-state index in [-0.39, 0.29) is 31.2 Å². The van der Waals surface area contributed by atoms with E-state index < -0.39 is 17.9 Å². The van der Waals surface area contributed by atoms with Crippen LogP contribution in [0.1, 0.15) is 45.1 Å². The maximum absolute atomic E-state index is 13.9. The molecule has 0 aliphatic heterocycles. The van der Waals surface area contributed by atoms with Crippen LogP contribution in [0.5, 0.6) is 5.75 Å². The van der Waals surface area contributed by atoms with Gasteiger partial charge in [-0.3, -0.25) is 0 Å². The third-order valence-electron chi connectivity index (χ3n) is 4.59. The Labute approximate surface area is 157 Å². The molecule has 1 aromatic rings. The molecule has 152 valence electrons. The van der Waals surface area contributed by atoms with Crippen LogP contribution in [-0.2, 0) is 6.54 Å². The number of aliphatic imine (C=N–C) groups is 1. The highest BCUT2D eigenvalue weighted by Crippen LogP contribution is 2.37. The van der Waals surface area contributed by atoms with Gasteiger partial charge in [0.2, 0.25) is 0 Å². The fourth-order valence-electron chi connectivity index (χ4n) is 3.16. The first-order valence-electron chi connectivity index (χ1n) is 9.36. The zero-order chi connectivity index (χ0) is 19.9. The van der Waals surface area contributed by atoms with Gasteiger partial charge in [0.1, 0.15) is 0 Å². The van der Waals surface area contributed by atoms with Crippen molar-refractivity contribution in [3.63, 3.8) is 0 Å². The molecule has 0 unspecified atom stereocenters. The molecule has 0 radical (unpaired) electrons. The summed E-state index contributed by atoms with van der Waals surface area (Å²) < 4.78 is 57.4. The maximum Gasteiger partial charge on any atom is 0.391 e. The van der Waals surface area contributed by atoms with Gasteiger partial charge >= 0.3 is 6.18 Å². The first-order chi connectivity index (χ1) is 12.8. The summed E-state index contributed by atoms with van der Waals surface area (Å²) in [5.41, 5.74) is 0.689. The summed E-state index contributed by atoms with van der Waals surface area (Å²) in [5.74, 6) is -0.908. The number of halogens is 4. The first kappa shape index (κ1) is 21.3. The summed E-state index contributed by atoms with van der Waals surface area (Å²) in [6, 6.07) is 4.66. The van der Waals surface area contributed by atoms with E-state index in [2.05, 4.69) is 15.6 Å². The molecule has 1 aliphatic carbocycles. The molecule has 0 bridgehead atoms. The van der Waals surface area contributed by atoms with Crippen LogP contribution in [0.4, 0.5) is 17.6 Å². The van der Waals surface area contributed by atoms with E-state index in [0.29, 0.717) is 37.5 Å². The highest BCUT2D eigenvalue weighted by atomic mass is 19.4. The predicted octanol–water partition coefficient (Wildman–Crippen LogP) is 4.40. The standard InChI is InChI=1S/C19H27F4N3O/c1-3-24-18(26-15-8-6-14(7-9-15)19(21,22)23)25-12-13-5-10-17(27-4-2)16(20)11-13/h5,10-11,14-15H,3-4,6-9,12H2,1-2H3,(H2,24,25,26). The van der Waals surface area contributed by atoms with Crippen molar-refractivity contribution in [2.24, 2.45) is 10.9 Å². The van der Waals surface area contributed by atoms with E-state index in [1.807, 2.05) is 6.92 Å². The highest BCUT2D eigenvalue weighted by molar-refractivity contribution is 5.80. The predicted molar refractivity (Wildman–Crippen MR) is 97.3 cm³/mol. The summed E-state index contributed by atoms with van der Waals surface area (Å²) in [7, 11) is 0. The Kier molecular flexibility index (Phi) is 7.74. The average Bonchev–Trinajstić information content (AvgIpc) is 2.62. The third-order valence-corrected chi connectivity index (χ3v) is 4.59. The van der Waals surface area contributed by atoms with Crippen LogP contribution in [0, 0.1) is 11.7 Å². The second-order valence-electron chi connectivity index (χ2n) is 6.63.